The first-order valence-electron chi connectivity index (χ1n) is 13.0. The first-order valence-corrected chi connectivity index (χ1v) is 13.0. The fraction of sp³-hybridized carbons (Fsp3) is 0.400. The van der Waals surface area contributed by atoms with E-state index in [-0.39, 0.29) is 11.9 Å². The van der Waals surface area contributed by atoms with Crippen molar-refractivity contribution in [1.82, 2.24) is 9.47 Å². The van der Waals surface area contributed by atoms with E-state index in [2.05, 4.69) is 41.0 Å². The summed E-state index contributed by atoms with van der Waals surface area (Å²) in [6.07, 6.45) is 10.4. The lowest BCUT2D eigenvalue weighted by Crippen LogP contribution is -2.30. The number of hydrogen-bond acceptors (Lipinski definition) is 3. The molecule has 180 valence electrons. The second-order valence-electron chi connectivity index (χ2n) is 10.2. The zero-order chi connectivity index (χ0) is 23.9. The summed E-state index contributed by atoms with van der Waals surface area (Å²) >= 11 is 0. The van der Waals surface area contributed by atoms with Gasteiger partial charge in [-0.15, -0.1) is 0 Å². The maximum Gasteiger partial charge on any atom is 0.337 e. The Morgan fingerprint density at radius 3 is 2.49 bits per heavy atom. The minimum absolute atomic E-state index is 0.135. The van der Waals surface area contributed by atoms with E-state index in [0.717, 1.165) is 42.6 Å². The van der Waals surface area contributed by atoms with E-state index in [1.54, 1.807) is 0 Å². The number of fused-ring (bicyclic) bond motifs is 5. The van der Waals surface area contributed by atoms with E-state index in [9.17, 15) is 9.59 Å². The molecule has 1 amide bonds. The molecule has 2 aliphatic heterocycles. The summed E-state index contributed by atoms with van der Waals surface area (Å²) in [7, 11) is 1.42. The molecule has 0 spiro atoms. The van der Waals surface area contributed by atoms with Crippen LogP contribution in [0.5, 0.6) is 0 Å². The number of carbonyl (C=O) groups excluding carboxylic acids is 2. The van der Waals surface area contributed by atoms with Crippen molar-refractivity contribution in [2.45, 2.75) is 57.4 Å². The Bertz CT molecular complexity index is 1340. The zero-order valence-corrected chi connectivity index (χ0v) is 20.4. The number of carbonyl (C=O) groups is 2. The molecule has 0 unspecified atom stereocenters. The molecule has 1 aliphatic carbocycles. The molecule has 6 rings (SSSR count). The third kappa shape index (κ3) is 3.78. The van der Waals surface area contributed by atoms with Gasteiger partial charge in [-0.3, -0.25) is 4.79 Å². The Kier molecular flexibility index (Phi) is 5.71. The number of amides is 1. The van der Waals surface area contributed by atoms with Crippen molar-refractivity contribution in [2.24, 2.45) is 0 Å². The van der Waals surface area contributed by atoms with Gasteiger partial charge in [0.25, 0.3) is 5.91 Å². The molecular weight excluding hydrogens is 436 g/mol. The minimum Gasteiger partial charge on any atom is -0.465 e. The van der Waals surface area contributed by atoms with E-state index in [4.69, 9.17) is 4.74 Å². The monoisotopic (exact) mass is 468 g/mol. The van der Waals surface area contributed by atoms with Crippen LogP contribution in [-0.4, -0.2) is 41.5 Å². The van der Waals surface area contributed by atoms with Crippen LogP contribution >= 0.6 is 0 Å². The number of esters is 1. The van der Waals surface area contributed by atoms with E-state index in [0.29, 0.717) is 18.0 Å². The van der Waals surface area contributed by atoms with Gasteiger partial charge in [0.15, 0.2) is 0 Å². The second-order valence-corrected chi connectivity index (χ2v) is 10.2. The Morgan fingerprint density at radius 1 is 0.943 bits per heavy atom. The van der Waals surface area contributed by atoms with Crippen LogP contribution in [0.3, 0.4) is 0 Å². The number of nitrogens with zero attached hydrogens (tertiary/aromatic N) is 2. The first kappa shape index (κ1) is 22.1. The maximum absolute atomic E-state index is 13.6. The molecule has 2 fully saturated rings. The van der Waals surface area contributed by atoms with Crippen molar-refractivity contribution in [1.29, 1.82) is 0 Å². The topological polar surface area (TPSA) is 51.5 Å². The van der Waals surface area contributed by atoms with Crippen molar-refractivity contribution >= 4 is 28.9 Å². The number of likely N-dealkylation sites (tertiary alicyclic amines) is 1. The van der Waals surface area contributed by atoms with Gasteiger partial charge >= 0.3 is 5.97 Å². The van der Waals surface area contributed by atoms with Gasteiger partial charge in [0.1, 0.15) is 0 Å². The molecular formula is C30H32N2O3. The summed E-state index contributed by atoms with van der Waals surface area (Å²) in [5.74, 6) is 0.283. The SMILES string of the molecule is COC(=O)c1ccc2c(C3CCCCC3)c3n(c2c1)CC(C(=O)N1CCCC1)=Cc1ccccc1-3. The van der Waals surface area contributed by atoms with Crippen molar-refractivity contribution < 1.29 is 14.3 Å². The number of rotatable bonds is 3. The highest BCUT2D eigenvalue weighted by Gasteiger charge is 2.31. The van der Waals surface area contributed by atoms with Gasteiger partial charge in [0, 0.05) is 35.1 Å². The lowest BCUT2D eigenvalue weighted by molar-refractivity contribution is -0.126. The molecule has 2 aromatic carbocycles. The number of methoxy groups -OCH3 is 1. The fourth-order valence-corrected chi connectivity index (χ4v) is 6.38. The van der Waals surface area contributed by atoms with Crippen molar-refractivity contribution in [3.63, 3.8) is 0 Å². The number of ether oxygens (including phenoxy) is 1. The molecule has 3 aromatic rings. The van der Waals surface area contributed by atoms with Gasteiger partial charge in [0.2, 0.25) is 0 Å². The summed E-state index contributed by atoms with van der Waals surface area (Å²) in [4.78, 5) is 28.0. The van der Waals surface area contributed by atoms with E-state index in [1.165, 1.54) is 61.4 Å². The molecule has 1 saturated carbocycles. The number of aromatic nitrogens is 1. The molecule has 3 aliphatic rings. The largest absolute Gasteiger partial charge is 0.465 e. The van der Waals surface area contributed by atoms with Crippen molar-refractivity contribution in [3.8, 4) is 11.3 Å². The van der Waals surface area contributed by atoms with E-state index < -0.39 is 0 Å². The van der Waals surface area contributed by atoms with Crippen LogP contribution in [0.1, 0.15) is 72.3 Å². The van der Waals surface area contributed by atoms with Crippen molar-refractivity contribution in [2.75, 3.05) is 20.2 Å². The van der Waals surface area contributed by atoms with Gasteiger partial charge < -0.3 is 14.2 Å². The van der Waals surface area contributed by atoms with Gasteiger partial charge in [-0.05, 0) is 60.9 Å². The lowest BCUT2D eigenvalue weighted by atomic mass is 9.81. The van der Waals surface area contributed by atoms with Crippen LogP contribution in [-0.2, 0) is 16.1 Å². The van der Waals surface area contributed by atoms with Crippen LogP contribution in [0.2, 0.25) is 0 Å². The summed E-state index contributed by atoms with van der Waals surface area (Å²) in [6.45, 7) is 2.17. The van der Waals surface area contributed by atoms with Crippen LogP contribution in [0.15, 0.2) is 48.0 Å². The average molecular weight is 469 g/mol. The number of benzene rings is 2. The molecule has 1 saturated heterocycles. The Morgan fingerprint density at radius 2 is 1.71 bits per heavy atom. The molecule has 3 heterocycles. The van der Waals surface area contributed by atoms with E-state index >= 15 is 0 Å². The predicted molar refractivity (Wildman–Crippen MR) is 138 cm³/mol. The summed E-state index contributed by atoms with van der Waals surface area (Å²) in [5, 5.41) is 1.20. The molecule has 0 atom stereocenters. The smallest absolute Gasteiger partial charge is 0.337 e. The molecule has 5 nitrogen and oxygen atoms in total. The molecule has 0 radical (unpaired) electrons. The quantitative estimate of drug-likeness (QED) is 0.433. The second kappa shape index (κ2) is 9.03. The lowest BCUT2D eigenvalue weighted by Gasteiger charge is -2.24. The predicted octanol–water partition coefficient (Wildman–Crippen LogP) is 6.16. The van der Waals surface area contributed by atoms with Crippen molar-refractivity contribution in [3.05, 3.63) is 64.7 Å². The summed E-state index contributed by atoms with van der Waals surface area (Å²) in [5.41, 5.74) is 7.24. The molecule has 0 bridgehead atoms. The Labute approximate surface area is 206 Å². The maximum atomic E-state index is 13.6. The summed E-state index contributed by atoms with van der Waals surface area (Å²) in [6, 6.07) is 14.4. The van der Waals surface area contributed by atoms with Crippen LogP contribution in [0.25, 0.3) is 28.2 Å². The average Bonchev–Trinajstić information content (AvgIpc) is 3.51. The third-order valence-electron chi connectivity index (χ3n) is 8.08. The minimum atomic E-state index is -0.334. The van der Waals surface area contributed by atoms with Gasteiger partial charge in [-0.2, -0.15) is 0 Å². The Balaban J connectivity index is 1.60. The van der Waals surface area contributed by atoms with Gasteiger partial charge in [0.05, 0.1) is 24.9 Å². The van der Waals surface area contributed by atoms with Gasteiger partial charge in [-0.1, -0.05) is 49.6 Å². The number of hydrogen-bond donors (Lipinski definition) is 0. The van der Waals surface area contributed by atoms with Crippen LogP contribution in [0.4, 0.5) is 0 Å². The highest BCUT2D eigenvalue weighted by molar-refractivity contribution is 6.03. The third-order valence-corrected chi connectivity index (χ3v) is 8.08. The first-order chi connectivity index (χ1) is 17.2. The van der Waals surface area contributed by atoms with E-state index in [1.807, 2.05) is 17.0 Å². The fourth-order valence-electron chi connectivity index (χ4n) is 6.38. The summed E-state index contributed by atoms with van der Waals surface area (Å²) < 4.78 is 7.34. The highest BCUT2D eigenvalue weighted by atomic mass is 16.5. The van der Waals surface area contributed by atoms with Gasteiger partial charge in [-0.25, -0.2) is 4.79 Å². The van der Waals surface area contributed by atoms with Crippen LogP contribution < -0.4 is 0 Å². The Hall–Kier alpha value is -3.34. The molecule has 0 N–H and O–H groups in total. The standard InChI is InChI=1S/C30H32N2O3/c1-35-30(34)22-13-14-25-26(18-22)32-19-23(29(33)31-15-7-8-16-31)17-21-11-5-6-12-24(21)28(32)27(25)20-9-3-2-4-10-20/h5-6,11-14,17-18,20H,2-4,7-10,15-16,19H2,1H3. The zero-order valence-electron chi connectivity index (χ0n) is 20.4. The molecule has 35 heavy (non-hydrogen) atoms. The molecule has 1 aromatic heterocycles. The normalized spacial score (nSPS) is 18.1. The van der Waals surface area contributed by atoms with Crippen LogP contribution in [0, 0.1) is 0 Å². The molecule has 5 heteroatoms. The highest BCUT2D eigenvalue weighted by Crippen LogP contribution is 2.46.